The number of carbonyl (C=O) groups is 1. The summed E-state index contributed by atoms with van der Waals surface area (Å²) < 4.78 is 72.6. The van der Waals surface area contributed by atoms with Crippen LogP contribution in [0.2, 0.25) is 0 Å². The van der Waals surface area contributed by atoms with Crippen molar-refractivity contribution >= 4 is 17.9 Å². The van der Waals surface area contributed by atoms with E-state index in [9.17, 15) is 26.7 Å². The highest BCUT2D eigenvalue weighted by Crippen LogP contribution is 2.44. The number of alkyl halides is 5. The Hall–Kier alpha value is -3.87. The molecule has 2 N–H and O–H groups in total. The molecule has 1 saturated heterocycles. The van der Waals surface area contributed by atoms with Crippen molar-refractivity contribution in [2.45, 2.75) is 18.1 Å². The highest BCUT2D eigenvalue weighted by atomic mass is 19.4. The molecule has 8 nitrogen and oxygen atoms in total. The molecular formula is C23H21F5N6O2. The van der Waals surface area contributed by atoms with Crippen LogP contribution in [0.15, 0.2) is 53.8 Å². The van der Waals surface area contributed by atoms with Crippen LogP contribution in [0.25, 0.3) is 11.3 Å². The molecule has 1 aromatic carbocycles. The van der Waals surface area contributed by atoms with Crippen LogP contribution >= 0.6 is 0 Å². The molecule has 1 aliphatic heterocycles. The second-order valence-corrected chi connectivity index (χ2v) is 7.99. The first kappa shape index (κ1) is 25.2. The summed E-state index contributed by atoms with van der Waals surface area (Å²) in [5, 5.41) is 4.13. The molecule has 0 unspecified atom stereocenters. The van der Waals surface area contributed by atoms with E-state index in [4.69, 9.17) is 10.5 Å². The molecule has 1 atom stereocenters. The van der Waals surface area contributed by atoms with Gasteiger partial charge in [-0.3, -0.25) is 9.48 Å². The lowest BCUT2D eigenvalue weighted by Gasteiger charge is -2.36. The first-order valence-corrected chi connectivity index (χ1v) is 10.7. The van der Waals surface area contributed by atoms with Gasteiger partial charge < -0.3 is 15.4 Å². The van der Waals surface area contributed by atoms with Crippen LogP contribution in [0.4, 0.5) is 27.6 Å². The van der Waals surface area contributed by atoms with Gasteiger partial charge in [0.05, 0.1) is 43.2 Å². The maximum atomic E-state index is 13.7. The number of hydrogen-bond acceptors (Lipinski definition) is 5. The molecule has 0 spiro atoms. The van der Waals surface area contributed by atoms with Crippen LogP contribution in [-0.2, 0) is 17.7 Å². The number of hydrogen-bond donors (Lipinski definition) is 1. The number of benzene rings is 1. The van der Waals surface area contributed by atoms with E-state index < -0.39 is 29.6 Å². The largest absolute Gasteiger partial charge is 0.458 e. The van der Waals surface area contributed by atoms with Crippen molar-refractivity contribution < 1.29 is 31.5 Å². The van der Waals surface area contributed by atoms with Crippen molar-refractivity contribution in [3.05, 3.63) is 65.6 Å². The second kappa shape index (κ2) is 9.64. The molecule has 0 saturated carbocycles. The van der Waals surface area contributed by atoms with Gasteiger partial charge in [0, 0.05) is 30.9 Å². The lowest BCUT2D eigenvalue weighted by molar-refractivity contribution is -0.289. The summed E-state index contributed by atoms with van der Waals surface area (Å²) in [5.41, 5.74) is 6.30. The molecule has 0 bridgehead atoms. The Labute approximate surface area is 202 Å². The highest BCUT2D eigenvalue weighted by Gasteiger charge is 2.58. The van der Waals surface area contributed by atoms with Gasteiger partial charge in [-0.2, -0.15) is 27.1 Å². The van der Waals surface area contributed by atoms with Crippen molar-refractivity contribution in [3.8, 4) is 11.3 Å². The molecule has 3 aromatic rings. The number of morpholine rings is 1. The molecule has 1 aliphatic rings. The quantitative estimate of drug-likeness (QED) is 0.320. The van der Waals surface area contributed by atoms with Crippen molar-refractivity contribution in [3.63, 3.8) is 0 Å². The van der Waals surface area contributed by atoms with Gasteiger partial charge in [0.1, 0.15) is 5.69 Å². The normalized spacial score (nSPS) is 17.1. The lowest BCUT2D eigenvalue weighted by Crippen LogP contribution is -2.43. The van der Waals surface area contributed by atoms with Crippen molar-refractivity contribution in [2.75, 3.05) is 19.8 Å². The number of aromatic nitrogens is 3. The van der Waals surface area contributed by atoms with Gasteiger partial charge in [-0.05, 0) is 17.7 Å². The average molecular weight is 508 g/mol. The zero-order valence-corrected chi connectivity index (χ0v) is 18.9. The monoisotopic (exact) mass is 508 g/mol. The summed E-state index contributed by atoms with van der Waals surface area (Å²) in [7, 11) is 1.72. The standard InChI is InChI=1S/C23H21F5N6O2/c1-33-19(6-7-32-33)16-10-17(30-11-18(16)31-13-29)21(35)34-8-9-36-12-20(34)14-2-4-15(5-3-14)22(24,25)23(26,27)28/h2-7,10-11,13,20H,8-9,12H2,1H3,(H2,29,31)/t20-/m1/s1. The molecule has 13 heteroatoms. The summed E-state index contributed by atoms with van der Waals surface area (Å²) in [4.78, 5) is 23.2. The maximum Gasteiger partial charge on any atom is 0.458 e. The first-order chi connectivity index (χ1) is 17.0. The van der Waals surface area contributed by atoms with Crippen LogP contribution in [0, 0.1) is 0 Å². The number of aryl methyl sites for hydroxylation is 1. The van der Waals surface area contributed by atoms with Gasteiger partial charge in [0.2, 0.25) is 0 Å². The van der Waals surface area contributed by atoms with Crippen molar-refractivity contribution in [2.24, 2.45) is 17.8 Å². The zero-order chi connectivity index (χ0) is 26.1. The van der Waals surface area contributed by atoms with Crippen molar-refractivity contribution in [1.29, 1.82) is 0 Å². The molecular weight excluding hydrogens is 487 g/mol. The van der Waals surface area contributed by atoms with E-state index in [-0.39, 0.29) is 25.5 Å². The fourth-order valence-corrected chi connectivity index (χ4v) is 3.94. The van der Waals surface area contributed by atoms with E-state index >= 15 is 0 Å². The first-order valence-electron chi connectivity index (χ1n) is 10.7. The predicted octanol–water partition coefficient (Wildman–Crippen LogP) is 3.97. The maximum absolute atomic E-state index is 13.7. The number of ether oxygens (including phenoxy) is 1. The Balaban J connectivity index is 1.66. The van der Waals surface area contributed by atoms with E-state index in [2.05, 4.69) is 15.1 Å². The number of aliphatic imine (C=N–C) groups is 1. The Bertz CT molecular complexity index is 1270. The third-order valence-corrected chi connectivity index (χ3v) is 5.82. The van der Waals surface area contributed by atoms with E-state index in [1.54, 1.807) is 30.1 Å². The molecule has 36 heavy (non-hydrogen) atoms. The van der Waals surface area contributed by atoms with E-state index in [1.807, 2.05) is 0 Å². The third-order valence-electron chi connectivity index (χ3n) is 5.82. The van der Waals surface area contributed by atoms with Gasteiger partial charge in [-0.25, -0.2) is 9.98 Å². The van der Waals surface area contributed by atoms with Crippen LogP contribution in [-0.4, -0.2) is 57.8 Å². The topological polar surface area (TPSA) is 98.6 Å². The van der Waals surface area contributed by atoms with Gasteiger partial charge in [0.15, 0.2) is 0 Å². The number of halogens is 5. The SMILES string of the molecule is Cn1nccc1-c1cc(C(=O)N2CCOC[C@@H]2c2ccc(C(F)(F)C(F)(F)F)cc2)ncc1N=CN. The van der Waals surface area contributed by atoms with Gasteiger partial charge in [-0.1, -0.05) is 24.3 Å². The molecule has 190 valence electrons. The molecule has 0 radical (unpaired) electrons. The summed E-state index contributed by atoms with van der Waals surface area (Å²) in [6.07, 6.45) is -1.65. The Morgan fingerprint density at radius 3 is 2.53 bits per heavy atom. The molecule has 2 aromatic heterocycles. The smallest absolute Gasteiger partial charge is 0.390 e. The highest BCUT2D eigenvalue weighted by molar-refractivity contribution is 5.95. The Morgan fingerprint density at radius 1 is 1.19 bits per heavy atom. The van der Waals surface area contributed by atoms with E-state index in [0.717, 1.165) is 18.5 Å². The van der Waals surface area contributed by atoms with Crippen LogP contribution < -0.4 is 5.73 Å². The second-order valence-electron chi connectivity index (χ2n) is 7.99. The summed E-state index contributed by atoms with van der Waals surface area (Å²) in [6.45, 7) is 0.414. The minimum Gasteiger partial charge on any atom is -0.390 e. The van der Waals surface area contributed by atoms with E-state index in [1.165, 1.54) is 11.1 Å². The van der Waals surface area contributed by atoms with Crippen molar-refractivity contribution in [1.82, 2.24) is 19.7 Å². The number of nitrogens with zero attached hydrogens (tertiary/aromatic N) is 5. The summed E-state index contributed by atoms with van der Waals surface area (Å²) >= 11 is 0. The Morgan fingerprint density at radius 2 is 1.92 bits per heavy atom. The minimum atomic E-state index is -5.72. The number of carbonyl (C=O) groups excluding carboxylic acids is 1. The molecule has 1 amide bonds. The molecule has 3 heterocycles. The average Bonchev–Trinajstić information content (AvgIpc) is 3.29. The van der Waals surface area contributed by atoms with Gasteiger partial charge >= 0.3 is 12.1 Å². The zero-order valence-electron chi connectivity index (χ0n) is 18.9. The molecule has 1 fully saturated rings. The third kappa shape index (κ3) is 4.65. The fraction of sp³-hybridized carbons (Fsp3) is 0.304. The summed E-state index contributed by atoms with van der Waals surface area (Å²) in [6, 6.07) is 6.25. The number of rotatable bonds is 5. The van der Waals surface area contributed by atoms with Crippen LogP contribution in [0.3, 0.4) is 0 Å². The van der Waals surface area contributed by atoms with Gasteiger partial charge in [-0.15, -0.1) is 0 Å². The van der Waals surface area contributed by atoms with Gasteiger partial charge in [0.25, 0.3) is 5.91 Å². The molecule has 0 aliphatic carbocycles. The predicted molar refractivity (Wildman–Crippen MR) is 120 cm³/mol. The Kier molecular flexibility index (Phi) is 6.76. The summed E-state index contributed by atoms with van der Waals surface area (Å²) in [5.74, 6) is -5.47. The number of amides is 1. The fourth-order valence-electron chi connectivity index (χ4n) is 3.94. The number of nitrogens with two attached hydrogens (primary N) is 1. The minimum absolute atomic E-state index is 0.0326. The number of pyridine rings is 1. The van der Waals surface area contributed by atoms with Crippen LogP contribution in [0.5, 0.6) is 0 Å². The van der Waals surface area contributed by atoms with E-state index in [0.29, 0.717) is 34.6 Å². The molecule has 4 rings (SSSR count). The van der Waals surface area contributed by atoms with Crippen LogP contribution in [0.1, 0.15) is 27.7 Å². The lowest BCUT2D eigenvalue weighted by atomic mass is 9.99.